The molecule has 0 aliphatic carbocycles. The smallest absolute Gasteiger partial charge is 0.223 e. The van der Waals surface area contributed by atoms with Crippen LogP contribution in [0.1, 0.15) is 19.3 Å². The molecule has 1 unspecified atom stereocenters. The molecule has 1 atom stereocenters. The number of halogens is 2. The van der Waals surface area contributed by atoms with Crippen molar-refractivity contribution in [2.45, 2.75) is 30.2 Å². The number of likely N-dealkylation sites (tertiary alicyclic amines) is 1. The van der Waals surface area contributed by atoms with Gasteiger partial charge in [-0.1, -0.05) is 23.7 Å². The molecular formula is C15H22Cl2N2OS. The summed E-state index contributed by atoms with van der Waals surface area (Å²) in [6.45, 7) is 1.74. The SMILES string of the molecule is CNC1CCCN(C(=O)CCSc2ccccc2Cl)C1.Cl. The van der Waals surface area contributed by atoms with E-state index in [1.807, 2.05) is 36.2 Å². The van der Waals surface area contributed by atoms with Crippen molar-refractivity contribution in [3.63, 3.8) is 0 Å². The van der Waals surface area contributed by atoms with Gasteiger partial charge in [-0.15, -0.1) is 24.2 Å². The number of thioether (sulfide) groups is 1. The van der Waals surface area contributed by atoms with Gasteiger partial charge in [-0.3, -0.25) is 4.79 Å². The number of rotatable bonds is 5. The molecular weight excluding hydrogens is 327 g/mol. The lowest BCUT2D eigenvalue weighted by Gasteiger charge is -2.32. The largest absolute Gasteiger partial charge is 0.341 e. The summed E-state index contributed by atoms with van der Waals surface area (Å²) in [5, 5.41) is 4.02. The zero-order valence-corrected chi connectivity index (χ0v) is 14.6. The second-order valence-electron chi connectivity index (χ2n) is 5.00. The Hall–Kier alpha value is -0.420. The average molecular weight is 349 g/mol. The zero-order valence-electron chi connectivity index (χ0n) is 12.2. The number of likely N-dealkylation sites (N-methyl/N-ethyl adjacent to an activating group) is 1. The van der Waals surface area contributed by atoms with Crippen LogP contribution in [0.25, 0.3) is 0 Å². The third kappa shape index (κ3) is 5.70. The summed E-state index contributed by atoms with van der Waals surface area (Å²) < 4.78 is 0. The first-order chi connectivity index (χ1) is 9.70. The molecule has 1 heterocycles. The summed E-state index contributed by atoms with van der Waals surface area (Å²) >= 11 is 7.75. The monoisotopic (exact) mass is 348 g/mol. The lowest BCUT2D eigenvalue weighted by Crippen LogP contribution is -2.47. The molecule has 0 spiro atoms. The van der Waals surface area contributed by atoms with Crippen molar-refractivity contribution >= 4 is 41.7 Å². The highest BCUT2D eigenvalue weighted by molar-refractivity contribution is 7.99. The summed E-state index contributed by atoms with van der Waals surface area (Å²) in [5.74, 6) is 1.04. The molecule has 1 fully saturated rings. The number of nitrogens with one attached hydrogen (secondary N) is 1. The summed E-state index contributed by atoms with van der Waals surface area (Å²) in [6.07, 6.45) is 2.83. The van der Waals surface area contributed by atoms with Gasteiger partial charge >= 0.3 is 0 Å². The van der Waals surface area contributed by atoms with Gasteiger partial charge in [-0.25, -0.2) is 0 Å². The zero-order chi connectivity index (χ0) is 14.4. The van der Waals surface area contributed by atoms with Crippen LogP contribution >= 0.6 is 35.8 Å². The molecule has 1 saturated heterocycles. The molecule has 0 radical (unpaired) electrons. The topological polar surface area (TPSA) is 32.3 Å². The molecule has 2 rings (SSSR count). The van der Waals surface area contributed by atoms with Crippen LogP contribution in [0.5, 0.6) is 0 Å². The molecule has 21 heavy (non-hydrogen) atoms. The summed E-state index contributed by atoms with van der Waals surface area (Å²) in [4.78, 5) is 15.2. The van der Waals surface area contributed by atoms with E-state index in [1.165, 1.54) is 0 Å². The number of carbonyl (C=O) groups is 1. The predicted octanol–water partition coefficient (Wildman–Crippen LogP) is 3.45. The first kappa shape index (κ1) is 18.6. The van der Waals surface area contributed by atoms with E-state index in [1.54, 1.807) is 11.8 Å². The fourth-order valence-corrected chi connectivity index (χ4v) is 3.58. The molecule has 1 aliphatic rings. The third-order valence-electron chi connectivity index (χ3n) is 3.59. The normalized spacial score (nSPS) is 18.2. The minimum absolute atomic E-state index is 0. The van der Waals surface area contributed by atoms with E-state index < -0.39 is 0 Å². The highest BCUT2D eigenvalue weighted by atomic mass is 35.5. The van der Waals surface area contributed by atoms with E-state index >= 15 is 0 Å². The Balaban J connectivity index is 0.00000220. The van der Waals surface area contributed by atoms with Gasteiger partial charge in [0.2, 0.25) is 5.91 Å². The van der Waals surface area contributed by atoms with Crippen LogP contribution in [0.3, 0.4) is 0 Å². The summed E-state index contributed by atoms with van der Waals surface area (Å²) in [6, 6.07) is 8.22. The maximum atomic E-state index is 12.2. The lowest BCUT2D eigenvalue weighted by molar-refractivity contribution is -0.132. The van der Waals surface area contributed by atoms with Crippen LogP contribution < -0.4 is 5.32 Å². The van der Waals surface area contributed by atoms with Gasteiger partial charge in [0.1, 0.15) is 0 Å². The van der Waals surface area contributed by atoms with Crippen LogP contribution in [-0.4, -0.2) is 42.7 Å². The second kappa shape index (κ2) is 9.57. The second-order valence-corrected chi connectivity index (χ2v) is 6.54. The molecule has 0 aromatic heterocycles. The number of carbonyl (C=O) groups excluding carboxylic acids is 1. The van der Waals surface area contributed by atoms with Crippen LogP contribution in [0.4, 0.5) is 0 Å². The van der Waals surface area contributed by atoms with Gasteiger partial charge in [-0.2, -0.15) is 0 Å². The van der Waals surface area contributed by atoms with Gasteiger partial charge in [-0.05, 0) is 32.0 Å². The maximum absolute atomic E-state index is 12.2. The fourth-order valence-electron chi connectivity index (χ4n) is 2.41. The molecule has 1 aromatic carbocycles. The number of benzene rings is 1. The van der Waals surface area contributed by atoms with E-state index in [0.717, 1.165) is 41.6 Å². The Labute approximate surface area is 142 Å². The van der Waals surface area contributed by atoms with Crippen molar-refractivity contribution in [3.8, 4) is 0 Å². The van der Waals surface area contributed by atoms with Gasteiger partial charge in [0.25, 0.3) is 0 Å². The Morgan fingerprint density at radius 3 is 2.95 bits per heavy atom. The van der Waals surface area contributed by atoms with Crippen molar-refractivity contribution < 1.29 is 4.79 Å². The van der Waals surface area contributed by atoms with E-state index in [0.29, 0.717) is 12.5 Å². The molecule has 1 aliphatic heterocycles. The van der Waals surface area contributed by atoms with E-state index in [4.69, 9.17) is 11.6 Å². The van der Waals surface area contributed by atoms with Crippen LogP contribution in [-0.2, 0) is 4.79 Å². The Morgan fingerprint density at radius 1 is 1.48 bits per heavy atom. The molecule has 1 N–H and O–H groups in total. The molecule has 0 saturated carbocycles. The standard InChI is InChI=1S/C15H21ClN2OS.ClH/c1-17-12-5-4-9-18(11-12)15(19)8-10-20-14-7-3-2-6-13(14)16;/h2-3,6-7,12,17H,4-5,8-11H2,1H3;1H. The van der Waals surface area contributed by atoms with Crippen LogP contribution in [0, 0.1) is 0 Å². The summed E-state index contributed by atoms with van der Waals surface area (Å²) in [5.41, 5.74) is 0. The van der Waals surface area contributed by atoms with Crippen molar-refractivity contribution in [3.05, 3.63) is 29.3 Å². The summed E-state index contributed by atoms with van der Waals surface area (Å²) in [7, 11) is 1.96. The number of hydrogen-bond donors (Lipinski definition) is 1. The fraction of sp³-hybridized carbons (Fsp3) is 0.533. The molecule has 6 heteroatoms. The Bertz CT molecular complexity index is 459. The highest BCUT2D eigenvalue weighted by Gasteiger charge is 2.22. The van der Waals surface area contributed by atoms with Gasteiger partial charge < -0.3 is 10.2 Å². The number of nitrogens with zero attached hydrogens (tertiary/aromatic N) is 1. The van der Waals surface area contributed by atoms with Crippen molar-refractivity contribution in [1.29, 1.82) is 0 Å². The quantitative estimate of drug-likeness (QED) is 0.827. The van der Waals surface area contributed by atoms with Crippen molar-refractivity contribution in [2.24, 2.45) is 0 Å². The minimum atomic E-state index is 0. The van der Waals surface area contributed by atoms with Gasteiger partial charge in [0.15, 0.2) is 0 Å². The first-order valence-electron chi connectivity index (χ1n) is 7.03. The van der Waals surface area contributed by atoms with E-state index in [-0.39, 0.29) is 18.3 Å². The third-order valence-corrected chi connectivity index (χ3v) is 5.11. The van der Waals surface area contributed by atoms with E-state index in [2.05, 4.69) is 5.32 Å². The molecule has 1 aromatic rings. The lowest BCUT2D eigenvalue weighted by atomic mass is 10.1. The Morgan fingerprint density at radius 2 is 2.24 bits per heavy atom. The minimum Gasteiger partial charge on any atom is -0.341 e. The molecule has 118 valence electrons. The maximum Gasteiger partial charge on any atom is 0.223 e. The van der Waals surface area contributed by atoms with E-state index in [9.17, 15) is 4.79 Å². The molecule has 3 nitrogen and oxygen atoms in total. The van der Waals surface area contributed by atoms with Crippen LogP contribution in [0.2, 0.25) is 5.02 Å². The molecule has 0 bridgehead atoms. The number of hydrogen-bond acceptors (Lipinski definition) is 3. The predicted molar refractivity (Wildman–Crippen MR) is 92.7 cm³/mol. The number of amides is 1. The average Bonchev–Trinajstić information content (AvgIpc) is 2.49. The first-order valence-corrected chi connectivity index (χ1v) is 8.39. The number of piperidine rings is 1. The van der Waals surface area contributed by atoms with Crippen LogP contribution in [0.15, 0.2) is 29.2 Å². The van der Waals surface area contributed by atoms with Crippen molar-refractivity contribution in [2.75, 3.05) is 25.9 Å². The van der Waals surface area contributed by atoms with Crippen molar-refractivity contribution in [1.82, 2.24) is 10.2 Å². The van der Waals surface area contributed by atoms with Gasteiger partial charge in [0.05, 0.1) is 5.02 Å². The molecule has 1 amide bonds. The van der Waals surface area contributed by atoms with Gasteiger partial charge in [0, 0.05) is 36.2 Å². The Kier molecular flexibility index (Phi) is 8.49. The highest BCUT2D eigenvalue weighted by Crippen LogP contribution is 2.27.